The Balaban J connectivity index is 2.10. The number of rotatable bonds is 4. The Hall–Kier alpha value is -1.88. The van der Waals surface area contributed by atoms with Crippen LogP contribution in [0.2, 0.25) is 0 Å². The second-order valence-corrected chi connectivity index (χ2v) is 6.16. The second-order valence-electron chi connectivity index (χ2n) is 5.08. The second kappa shape index (κ2) is 5.01. The third kappa shape index (κ3) is 2.93. The lowest BCUT2D eigenvalue weighted by atomic mass is 9.93. The SMILES string of the molecule is CC(C)(CNC(=O)c1cc2ccccc2s1)C(N)=O. The molecule has 0 atom stereocenters. The molecule has 0 radical (unpaired) electrons. The molecule has 5 heteroatoms. The van der Waals surface area contributed by atoms with E-state index in [0.717, 1.165) is 10.1 Å². The summed E-state index contributed by atoms with van der Waals surface area (Å²) in [4.78, 5) is 23.9. The van der Waals surface area contributed by atoms with Gasteiger partial charge in [-0.25, -0.2) is 0 Å². The van der Waals surface area contributed by atoms with Crippen LogP contribution in [0.4, 0.5) is 0 Å². The molecule has 0 unspecified atom stereocenters. The Kier molecular flexibility index (Phi) is 3.57. The van der Waals surface area contributed by atoms with E-state index in [0.29, 0.717) is 4.88 Å². The van der Waals surface area contributed by atoms with Gasteiger partial charge in [0.1, 0.15) is 0 Å². The fourth-order valence-corrected chi connectivity index (χ4v) is 2.55. The number of primary amides is 1. The molecule has 4 nitrogen and oxygen atoms in total. The number of benzene rings is 1. The Labute approximate surface area is 115 Å². The van der Waals surface area contributed by atoms with Gasteiger partial charge in [0.25, 0.3) is 5.91 Å². The van der Waals surface area contributed by atoms with Gasteiger partial charge < -0.3 is 11.1 Å². The van der Waals surface area contributed by atoms with Crippen molar-refractivity contribution in [1.29, 1.82) is 0 Å². The zero-order chi connectivity index (χ0) is 14.0. The van der Waals surface area contributed by atoms with Gasteiger partial charge in [0.05, 0.1) is 10.3 Å². The van der Waals surface area contributed by atoms with Crippen LogP contribution in [0.25, 0.3) is 10.1 Å². The lowest BCUT2D eigenvalue weighted by Crippen LogP contribution is -2.42. The maximum Gasteiger partial charge on any atom is 0.261 e. The molecule has 100 valence electrons. The summed E-state index contributed by atoms with van der Waals surface area (Å²) < 4.78 is 1.07. The predicted octanol–water partition coefficient (Wildman–Crippen LogP) is 2.14. The predicted molar refractivity (Wildman–Crippen MR) is 77.1 cm³/mol. The largest absolute Gasteiger partial charge is 0.369 e. The summed E-state index contributed by atoms with van der Waals surface area (Å²) in [7, 11) is 0. The highest BCUT2D eigenvalue weighted by Crippen LogP contribution is 2.25. The quantitative estimate of drug-likeness (QED) is 0.898. The highest BCUT2D eigenvalue weighted by Gasteiger charge is 2.25. The molecule has 0 spiro atoms. The summed E-state index contributed by atoms with van der Waals surface area (Å²) in [6.45, 7) is 3.65. The molecule has 0 saturated heterocycles. The zero-order valence-corrected chi connectivity index (χ0v) is 11.7. The minimum Gasteiger partial charge on any atom is -0.369 e. The van der Waals surface area contributed by atoms with Gasteiger partial charge >= 0.3 is 0 Å². The number of nitrogens with one attached hydrogen (secondary N) is 1. The van der Waals surface area contributed by atoms with E-state index in [1.54, 1.807) is 13.8 Å². The van der Waals surface area contributed by atoms with Gasteiger partial charge in [0.2, 0.25) is 5.91 Å². The fourth-order valence-electron chi connectivity index (χ4n) is 1.57. The first-order valence-electron chi connectivity index (χ1n) is 5.97. The van der Waals surface area contributed by atoms with Crippen LogP contribution in [0, 0.1) is 5.41 Å². The Morgan fingerprint density at radius 1 is 1.32 bits per heavy atom. The average molecular weight is 276 g/mol. The number of thiophene rings is 1. The van der Waals surface area contributed by atoms with Crippen LogP contribution in [-0.2, 0) is 4.79 Å². The monoisotopic (exact) mass is 276 g/mol. The molecular weight excluding hydrogens is 260 g/mol. The molecule has 1 aromatic carbocycles. The van der Waals surface area contributed by atoms with Crippen molar-refractivity contribution in [3.8, 4) is 0 Å². The molecule has 0 saturated carbocycles. The first kappa shape index (κ1) is 13.5. The van der Waals surface area contributed by atoms with Crippen molar-refractivity contribution in [1.82, 2.24) is 5.32 Å². The molecular formula is C14H16N2O2S. The number of nitrogens with two attached hydrogens (primary N) is 1. The average Bonchev–Trinajstić information content (AvgIpc) is 2.79. The van der Waals surface area contributed by atoms with Gasteiger partial charge in [-0.05, 0) is 31.4 Å². The van der Waals surface area contributed by atoms with Crippen molar-refractivity contribution in [2.45, 2.75) is 13.8 Å². The minimum absolute atomic E-state index is 0.171. The zero-order valence-electron chi connectivity index (χ0n) is 10.9. The maximum atomic E-state index is 12.0. The molecule has 1 aromatic heterocycles. The molecule has 0 fully saturated rings. The molecule has 0 aliphatic rings. The van der Waals surface area contributed by atoms with Gasteiger partial charge in [-0.15, -0.1) is 11.3 Å². The topological polar surface area (TPSA) is 72.2 Å². The van der Waals surface area contributed by atoms with Gasteiger partial charge in [-0.1, -0.05) is 18.2 Å². The third-order valence-corrected chi connectivity index (χ3v) is 4.12. The molecule has 3 N–H and O–H groups in total. The lowest BCUT2D eigenvalue weighted by Gasteiger charge is -2.20. The summed E-state index contributed by atoms with van der Waals surface area (Å²) in [6, 6.07) is 9.68. The fraction of sp³-hybridized carbons (Fsp3) is 0.286. The van der Waals surface area contributed by atoms with E-state index in [1.165, 1.54) is 11.3 Å². The highest BCUT2D eigenvalue weighted by molar-refractivity contribution is 7.20. The van der Waals surface area contributed by atoms with Gasteiger partial charge in [0.15, 0.2) is 0 Å². The number of hydrogen-bond acceptors (Lipinski definition) is 3. The van der Waals surface area contributed by atoms with E-state index in [9.17, 15) is 9.59 Å². The minimum atomic E-state index is -0.744. The van der Waals surface area contributed by atoms with E-state index in [2.05, 4.69) is 5.32 Å². The number of amides is 2. The van der Waals surface area contributed by atoms with E-state index >= 15 is 0 Å². The molecule has 2 amide bonds. The normalized spacial score (nSPS) is 11.5. The first-order valence-corrected chi connectivity index (χ1v) is 6.78. The van der Waals surface area contributed by atoms with Crippen LogP contribution in [0.15, 0.2) is 30.3 Å². The van der Waals surface area contributed by atoms with Crippen molar-refractivity contribution < 1.29 is 9.59 Å². The Morgan fingerprint density at radius 2 is 2.00 bits per heavy atom. The summed E-state index contributed by atoms with van der Waals surface area (Å²) in [5, 5.41) is 3.80. The van der Waals surface area contributed by atoms with Gasteiger partial charge in [0, 0.05) is 11.2 Å². The van der Waals surface area contributed by atoms with E-state index in [-0.39, 0.29) is 12.5 Å². The molecule has 2 rings (SSSR count). The van der Waals surface area contributed by atoms with Crippen molar-refractivity contribution in [2.75, 3.05) is 6.54 Å². The standard InChI is InChI=1S/C14H16N2O2S/c1-14(2,13(15)18)8-16-12(17)11-7-9-5-3-4-6-10(9)19-11/h3-7H,8H2,1-2H3,(H2,15,18)(H,16,17). The lowest BCUT2D eigenvalue weighted by molar-refractivity contribution is -0.125. The number of hydrogen-bond donors (Lipinski definition) is 2. The summed E-state index contributed by atoms with van der Waals surface area (Å²) in [5.74, 6) is -0.598. The smallest absolute Gasteiger partial charge is 0.261 e. The number of carbonyl (C=O) groups is 2. The van der Waals surface area contributed by atoms with Crippen molar-refractivity contribution in [3.63, 3.8) is 0 Å². The van der Waals surface area contributed by atoms with Crippen LogP contribution in [-0.4, -0.2) is 18.4 Å². The highest BCUT2D eigenvalue weighted by atomic mass is 32.1. The maximum absolute atomic E-state index is 12.0. The van der Waals surface area contributed by atoms with Crippen LogP contribution in [0.1, 0.15) is 23.5 Å². The Morgan fingerprint density at radius 3 is 2.63 bits per heavy atom. The molecule has 0 aliphatic heterocycles. The van der Waals surface area contributed by atoms with Crippen molar-refractivity contribution in [2.24, 2.45) is 11.1 Å². The number of carbonyl (C=O) groups excluding carboxylic acids is 2. The third-order valence-electron chi connectivity index (χ3n) is 3.01. The van der Waals surface area contributed by atoms with Crippen LogP contribution >= 0.6 is 11.3 Å². The van der Waals surface area contributed by atoms with E-state index < -0.39 is 11.3 Å². The van der Waals surface area contributed by atoms with Gasteiger partial charge in [-0.3, -0.25) is 9.59 Å². The van der Waals surface area contributed by atoms with Crippen molar-refractivity contribution >= 4 is 33.2 Å². The summed E-state index contributed by atoms with van der Waals surface area (Å²) in [6.07, 6.45) is 0. The van der Waals surface area contributed by atoms with Crippen LogP contribution < -0.4 is 11.1 Å². The van der Waals surface area contributed by atoms with Crippen LogP contribution in [0.5, 0.6) is 0 Å². The summed E-state index contributed by atoms with van der Waals surface area (Å²) >= 11 is 1.44. The molecule has 19 heavy (non-hydrogen) atoms. The van der Waals surface area contributed by atoms with Crippen molar-refractivity contribution in [3.05, 3.63) is 35.2 Å². The van der Waals surface area contributed by atoms with E-state index in [4.69, 9.17) is 5.73 Å². The molecule has 0 bridgehead atoms. The molecule has 1 heterocycles. The summed E-state index contributed by atoms with van der Waals surface area (Å²) in [5.41, 5.74) is 4.53. The van der Waals surface area contributed by atoms with E-state index in [1.807, 2.05) is 30.3 Å². The van der Waals surface area contributed by atoms with Gasteiger partial charge in [-0.2, -0.15) is 0 Å². The molecule has 0 aliphatic carbocycles. The number of fused-ring (bicyclic) bond motifs is 1. The molecule has 2 aromatic rings. The Bertz CT molecular complexity index is 598. The first-order chi connectivity index (χ1) is 8.90. The van der Waals surface area contributed by atoms with Crippen LogP contribution in [0.3, 0.4) is 0 Å².